The number of nitrogens with one attached hydrogen (secondary N) is 1. The summed E-state index contributed by atoms with van der Waals surface area (Å²) in [4.78, 5) is 23.6. The molecule has 4 aromatic rings. The van der Waals surface area contributed by atoms with Crippen LogP contribution in [0.1, 0.15) is 30.3 Å². The lowest BCUT2D eigenvalue weighted by atomic mass is 9.96. The summed E-state index contributed by atoms with van der Waals surface area (Å²) in [5.74, 6) is 1.62. The Morgan fingerprint density at radius 2 is 1.93 bits per heavy atom. The van der Waals surface area contributed by atoms with Crippen molar-refractivity contribution in [1.82, 2.24) is 29.6 Å². The minimum Gasteiger partial charge on any atom is -0.339 e. The van der Waals surface area contributed by atoms with Gasteiger partial charge in [0.15, 0.2) is 5.65 Å². The number of nitrogens with zero attached hydrogens (tertiary/aromatic N) is 5. The number of likely N-dealkylation sites (tertiary alicyclic amines) is 1. The maximum absolute atomic E-state index is 12.1. The summed E-state index contributed by atoms with van der Waals surface area (Å²) in [6, 6.07) is 13.3. The summed E-state index contributed by atoms with van der Waals surface area (Å²) in [5, 5.41) is 6.99. The minimum atomic E-state index is -0.0841. The van der Waals surface area contributed by atoms with Crippen molar-refractivity contribution in [3.8, 4) is 11.4 Å². The minimum absolute atomic E-state index is 0.0841. The van der Waals surface area contributed by atoms with Crippen molar-refractivity contribution in [2.45, 2.75) is 25.3 Å². The number of benzene rings is 1. The molecule has 1 aromatic carbocycles. The first kappa shape index (κ1) is 16.9. The van der Waals surface area contributed by atoms with Crippen molar-refractivity contribution >= 4 is 5.65 Å². The van der Waals surface area contributed by atoms with Gasteiger partial charge in [0.25, 0.3) is 5.56 Å². The molecule has 0 radical (unpaired) electrons. The van der Waals surface area contributed by atoms with Gasteiger partial charge < -0.3 is 4.52 Å². The average molecular weight is 376 g/mol. The van der Waals surface area contributed by atoms with Crippen molar-refractivity contribution in [1.29, 1.82) is 0 Å². The predicted octanol–water partition coefficient (Wildman–Crippen LogP) is 2.45. The topological polar surface area (TPSA) is 92.3 Å². The fourth-order valence-electron chi connectivity index (χ4n) is 3.73. The monoisotopic (exact) mass is 376 g/mol. The standard InChI is InChI=1S/C20H20N6O2/c27-18-12-16(22-17-6-9-21-26(17)18)13-25-10-7-15(8-11-25)20-23-19(24-28-20)14-4-2-1-3-5-14/h1-6,9,12,15,21H,7-8,10-11,13H2. The van der Waals surface area contributed by atoms with Gasteiger partial charge in [0, 0.05) is 36.4 Å². The molecule has 1 N–H and O–H groups in total. The van der Waals surface area contributed by atoms with Gasteiger partial charge >= 0.3 is 0 Å². The number of rotatable bonds is 4. The highest BCUT2D eigenvalue weighted by Gasteiger charge is 2.25. The Morgan fingerprint density at radius 3 is 2.75 bits per heavy atom. The Kier molecular flexibility index (Phi) is 4.25. The number of hydrogen-bond acceptors (Lipinski definition) is 6. The first-order valence-corrected chi connectivity index (χ1v) is 9.44. The Morgan fingerprint density at radius 1 is 1.11 bits per heavy atom. The predicted molar refractivity (Wildman–Crippen MR) is 103 cm³/mol. The van der Waals surface area contributed by atoms with Crippen molar-refractivity contribution in [2.75, 3.05) is 13.1 Å². The van der Waals surface area contributed by atoms with E-state index in [0.717, 1.165) is 37.2 Å². The van der Waals surface area contributed by atoms with Crippen molar-refractivity contribution in [3.63, 3.8) is 0 Å². The van der Waals surface area contributed by atoms with Crippen LogP contribution in [0.5, 0.6) is 0 Å². The van der Waals surface area contributed by atoms with E-state index < -0.39 is 0 Å². The Bertz CT molecular complexity index is 1140. The quantitative estimate of drug-likeness (QED) is 0.588. The van der Waals surface area contributed by atoms with Crippen molar-refractivity contribution < 1.29 is 4.52 Å². The highest BCUT2D eigenvalue weighted by Crippen LogP contribution is 2.28. The first-order valence-electron chi connectivity index (χ1n) is 9.44. The highest BCUT2D eigenvalue weighted by atomic mass is 16.5. The Hall–Kier alpha value is -3.26. The SMILES string of the molecule is O=c1cc(CN2CCC(c3nc(-c4ccccc4)no3)CC2)nc2cc[nH]n12. The number of H-pyrrole nitrogens is 1. The summed E-state index contributed by atoms with van der Waals surface area (Å²) >= 11 is 0. The van der Waals surface area contributed by atoms with Gasteiger partial charge in [0.1, 0.15) is 0 Å². The molecular formula is C20H20N6O2. The summed E-state index contributed by atoms with van der Waals surface area (Å²) in [6.07, 6.45) is 3.61. The molecule has 1 aliphatic heterocycles. The second-order valence-electron chi connectivity index (χ2n) is 7.11. The molecule has 28 heavy (non-hydrogen) atoms. The zero-order valence-corrected chi connectivity index (χ0v) is 15.3. The van der Waals surface area contributed by atoms with E-state index in [1.54, 1.807) is 18.3 Å². The van der Waals surface area contributed by atoms with E-state index in [0.29, 0.717) is 23.9 Å². The summed E-state index contributed by atoms with van der Waals surface area (Å²) < 4.78 is 6.97. The van der Waals surface area contributed by atoms with E-state index in [-0.39, 0.29) is 11.5 Å². The van der Waals surface area contributed by atoms with Gasteiger partial charge in [0.05, 0.1) is 5.69 Å². The molecular weight excluding hydrogens is 356 g/mol. The van der Waals surface area contributed by atoms with Gasteiger partial charge in [-0.15, -0.1) is 0 Å². The largest absolute Gasteiger partial charge is 0.339 e. The number of piperidine rings is 1. The van der Waals surface area contributed by atoms with Gasteiger partial charge in [-0.05, 0) is 25.9 Å². The second-order valence-corrected chi connectivity index (χ2v) is 7.11. The zero-order chi connectivity index (χ0) is 18.9. The van der Waals surface area contributed by atoms with E-state index in [9.17, 15) is 4.79 Å². The van der Waals surface area contributed by atoms with Crippen LogP contribution in [0.15, 0.2) is 58.0 Å². The van der Waals surface area contributed by atoms with Crippen LogP contribution in [0.25, 0.3) is 17.0 Å². The molecule has 0 aliphatic carbocycles. The van der Waals surface area contributed by atoms with Crippen LogP contribution in [0, 0.1) is 0 Å². The van der Waals surface area contributed by atoms with E-state index in [1.807, 2.05) is 30.3 Å². The van der Waals surface area contributed by atoms with E-state index in [2.05, 4.69) is 25.1 Å². The average Bonchev–Trinajstić information content (AvgIpc) is 3.39. The molecule has 0 saturated carbocycles. The lowest BCUT2D eigenvalue weighted by Crippen LogP contribution is -2.33. The lowest BCUT2D eigenvalue weighted by molar-refractivity contribution is 0.186. The zero-order valence-electron chi connectivity index (χ0n) is 15.3. The molecule has 1 saturated heterocycles. The smallest absolute Gasteiger partial charge is 0.272 e. The van der Waals surface area contributed by atoms with E-state index in [1.165, 1.54) is 4.52 Å². The van der Waals surface area contributed by atoms with Crippen LogP contribution in [0.3, 0.4) is 0 Å². The Labute approximate surface area is 160 Å². The molecule has 1 fully saturated rings. The molecule has 0 amide bonds. The molecule has 0 atom stereocenters. The van der Waals surface area contributed by atoms with Crippen LogP contribution in [0.2, 0.25) is 0 Å². The Balaban J connectivity index is 1.24. The third kappa shape index (κ3) is 3.22. The number of hydrogen-bond donors (Lipinski definition) is 1. The first-order chi connectivity index (χ1) is 13.8. The molecule has 3 aromatic heterocycles. The van der Waals surface area contributed by atoms with Gasteiger partial charge in [-0.2, -0.15) is 4.98 Å². The molecule has 142 valence electrons. The van der Waals surface area contributed by atoms with Gasteiger partial charge in [-0.3, -0.25) is 14.8 Å². The normalized spacial score (nSPS) is 16.0. The van der Waals surface area contributed by atoms with Crippen molar-refractivity contribution in [3.05, 3.63) is 70.6 Å². The molecule has 5 rings (SSSR count). The van der Waals surface area contributed by atoms with Gasteiger partial charge in [-0.25, -0.2) is 9.50 Å². The van der Waals surface area contributed by atoms with Gasteiger partial charge in [0.2, 0.25) is 11.7 Å². The van der Waals surface area contributed by atoms with Crippen LogP contribution < -0.4 is 5.56 Å². The summed E-state index contributed by atoms with van der Waals surface area (Å²) in [6.45, 7) is 2.48. The van der Waals surface area contributed by atoms with Crippen molar-refractivity contribution in [2.24, 2.45) is 0 Å². The van der Waals surface area contributed by atoms with Crippen LogP contribution in [0.4, 0.5) is 0 Å². The van der Waals surface area contributed by atoms with Crippen LogP contribution in [-0.4, -0.2) is 42.7 Å². The van der Waals surface area contributed by atoms with Crippen LogP contribution in [-0.2, 0) is 6.54 Å². The maximum atomic E-state index is 12.1. The molecule has 8 heteroatoms. The molecule has 0 bridgehead atoms. The highest BCUT2D eigenvalue weighted by molar-refractivity contribution is 5.53. The van der Waals surface area contributed by atoms with Crippen LogP contribution >= 0.6 is 0 Å². The third-order valence-electron chi connectivity index (χ3n) is 5.23. The van der Waals surface area contributed by atoms with E-state index >= 15 is 0 Å². The lowest BCUT2D eigenvalue weighted by Gasteiger charge is -2.29. The maximum Gasteiger partial charge on any atom is 0.272 e. The summed E-state index contributed by atoms with van der Waals surface area (Å²) in [5.41, 5.74) is 2.33. The summed E-state index contributed by atoms with van der Waals surface area (Å²) in [7, 11) is 0. The third-order valence-corrected chi connectivity index (χ3v) is 5.23. The number of aromatic amines is 1. The molecule has 0 unspecified atom stereocenters. The molecule has 0 spiro atoms. The van der Waals surface area contributed by atoms with E-state index in [4.69, 9.17) is 4.52 Å². The van der Waals surface area contributed by atoms with Gasteiger partial charge in [-0.1, -0.05) is 35.5 Å². The molecule has 8 nitrogen and oxygen atoms in total. The second kappa shape index (κ2) is 7.05. The fraction of sp³-hybridized carbons (Fsp3) is 0.300. The number of fused-ring (bicyclic) bond motifs is 1. The number of aromatic nitrogens is 5. The molecule has 4 heterocycles. The fourth-order valence-corrected chi connectivity index (χ4v) is 3.73. The molecule has 1 aliphatic rings.